The highest BCUT2D eigenvalue weighted by molar-refractivity contribution is 6.03. The SMILES string of the molecule is N#Cc1ccccc1NC(=O)c1ccnn1C(F)F. The molecule has 96 valence electrons. The summed E-state index contributed by atoms with van der Waals surface area (Å²) in [7, 11) is 0. The van der Waals surface area contributed by atoms with E-state index >= 15 is 0 Å². The van der Waals surface area contributed by atoms with Crippen LogP contribution < -0.4 is 5.32 Å². The Morgan fingerprint density at radius 1 is 1.37 bits per heavy atom. The van der Waals surface area contributed by atoms with Gasteiger partial charge in [0.25, 0.3) is 5.91 Å². The van der Waals surface area contributed by atoms with Crippen molar-refractivity contribution in [3.8, 4) is 6.07 Å². The summed E-state index contributed by atoms with van der Waals surface area (Å²) in [6.45, 7) is -2.90. The highest BCUT2D eigenvalue weighted by atomic mass is 19.3. The zero-order chi connectivity index (χ0) is 13.8. The van der Waals surface area contributed by atoms with Gasteiger partial charge in [-0.1, -0.05) is 12.1 Å². The number of alkyl halides is 2. The maximum Gasteiger partial charge on any atom is 0.333 e. The van der Waals surface area contributed by atoms with Crippen LogP contribution in [0.25, 0.3) is 0 Å². The van der Waals surface area contributed by atoms with Gasteiger partial charge in [-0.25, -0.2) is 0 Å². The lowest BCUT2D eigenvalue weighted by Crippen LogP contribution is -2.18. The molecule has 0 spiro atoms. The summed E-state index contributed by atoms with van der Waals surface area (Å²) in [5.74, 6) is -0.750. The summed E-state index contributed by atoms with van der Waals surface area (Å²) in [6.07, 6.45) is 1.11. The molecule has 1 amide bonds. The largest absolute Gasteiger partial charge is 0.333 e. The standard InChI is InChI=1S/C12H8F2N4O/c13-12(14)18-10(5-6-16-18)11(19)17-9-4-2-1-3-8(9)7-15/h1-6,12H,(H,17,19). The second kappa shape index (κ2) is 5.27. The second-order valence-corrected chi connectivity index (χ2v) is 3.55. The predicted molar refractivity (Wildman–Crippen MR) is 62.6 cm³/mol. The van der Waals surface area contributed by atoms with E-state index in [0.29, 0.717) is 4.68 Å². The Bertz CT molecular complexity index is 645. The summed E-state index contributed by atoms with van der Waals surface area (Å²) >= 11 is 0. The maximum atomic E-state index is 12.6. The molecule has 19 heavy (non-hydrogen) atoms. The van der Waals surface area contributed by atoms with E-state index < -0.39 is 12.5 Å². The minimum Gasteiger partial charge on any atom is -0.319 e. The van der Waals surface area contributed by atoms with Crippen molar-refractivity contribution in [2.24, 2.45) is 0 Å². The molecule has 1 N–H and O–H groups in total. The Kier molecular flexibility index (Phi) is 3.52. The van der Waals surface area contributed by atoms with E-state index in [4.69, 9.17) is 5.26 Å². The third-order valence-corrected chi connectivity index (χ3v) is 2.38. The number of carbonyl (C=O) groups is 1. The molecule has 0 aliphatic rings. The molecule has 0 aliphatic carbocycles. The first kappa shape index (κ1) is 12.7. The molecule has 0 radical (unpaired) electrons. The number of rotatable bonds is 3. The number of anilines is 1. The van der Waals surface area contributed by atoms with Gasteiger partial charge in [-0.15, -0.1) is 0 Å². The molecular formula is C12H8F2N4O. The highest BCUT2D eigenvalue weighted by Gasteiger charge is 2.18. The van der Waals surface area contributed by atoms with Crippen LogP contribution in [0.5, 0.6) is 0 Å². The predicted octanol–water partition coefficient (Wildman–Crippen LogP) is 2.40. The zero-order valence-corrected chi connectivity index (χ0v) is 9.55. The summed E-state index contributed by atoms with van der Waals surface area (Å²) in [5.41, 5.74) is 0.235. The van der Waals surface area contributed by atoms with Gasteiger partial charge < -0.3 is 5.32 Å². The Morgan fingerprint density at radius 2 is 2.11 bits per heavy atom. The quantitative estimate of drug-likeness (QED) is 0.923. The van der Waals surface area contributed by atoms with Gasteiger partial charge >= 0.3 is 6.55 Å². The molecule has 0 aliphatic heterocycles. The number of aromatic nitrogens is 2. The number of nitriles is 1. The molecule has 1 aromatic heterocycles. The van der Waals surface area contributed by atoms with Gasteiger partial charge in [0.15, 0.2) is 0 Å². The first-order chi connectivity index (χ1) is 9.13. The molecule has 0 unspecified atom stereocenters. The molecule has 0 fully saturated rings. The molecule has 0 saturated heterocycles. The van der Waals surface area contributed by atoms with Crippen molar-refractivity contribution < 1.29 is 13.6 Å². The van der Waals surface area contributed by atoms with E-state index in [9.17, 15) is 13.6 Å². The van der Waals surface area contributed by atoms with Crippen LogP contribution in [0.4, 0.5) is 14.5 Å². The van der Waals surface area contributed by atoms with Gasteiger partial charge in [0.2, 0.25) is 0 Å². The minimum absolute atomic E-state index is 0.249. The smallest absolute Gasteiger partial charge is 0.319 e. The number of amides is 1. The minimum atomic E-state index is -2.90. The van der Waals surface area contributed by atoms with Crippen molar-refractivity contribution in [3.63, 3.8) is 0 Å². The second-order valence-electron chi connectivity index (χ2n) is 3.55. The zero-order valence-electron chi connectivity index (χ0n) is 9.55. The molecular weight excluding hydrogens is 254 g/mol. The lowest BCUT2D eigenvalue weighted by molar-refractivity contribution is 0.0520. The summed E-state index contributed by atoms with van der Waals surface area (Å²) in [4.78, 5) is 11.9. The van der Waals surface area contributed by atoms with Gasteiger partial charge in [-0.3, -0.25) is 4.79 Å². The number of nitrogens with one attached hydrogen (secondary N) is 1. The molecule has 0 saturated carbocycles. The molecule has 7 heteroatoms. The third kappa shape index (κ3) is 2.57. The van der Waals surface area contributed by atoms with E-state index in [2.05, 4.69) is 10.4 Å². The van der Waals surface area contributed by atoms with Gasteiger partial charge in [-0.2, -0.15) is 23.8 Å². The fraction of sp³-hybridized carbons (Fsp3) is 0.0833. The monoisotopic (exact) mass is 262 g/mol. The fourth-order valence-electron chi connectivity index (χ4n) is 1.53. The molecule has 2 aromatic rings. The lowest BCUT2D eigenvalue weighted by Gasteiger charge is -2.08. The van der Waals surface area contributed by atoms with Crippen molar-refractivity contribution in [3.05, 3.63) is 47.8 Å². The van der Waals surface area contributed by atoms with Crippen LogP contribution >= 0.6 is 0 Å². The number of halogens is 2. The normalized spacial score (nSPS) is 10.2. The summed E-state index contributed by atoms with van der Waals surface area (Å²) < 4.78 is 25.5. The Balaban J connectivity index is 2.27. The molecule has 1 heterocycles. The van der Waals surface area contributed by atoms with Crippen LogP contribution in [-0.4, -0.2) is 15.7 Å². The number of benzene rings is 1. The Morgan fingerprint density at radius 3 is 2.79 bits per heavy atom. The van der Waals surface area contributed by atoms with Gasteiger partial charge in [0.1, 0.15) is 11.8 Å². The fourth-order valence-corrected chi connectivity index (χ4v) is 1.53. The van der Waals surface area contributed by atoms with Crippen molar-refractivity contribution in [2.45, 2.75) is 6.55 Å². The summed E-state index contributed by atoms with van der Waals surface area (Å²) in [6, 6.07) is 9.37. The first-order valence-electron chi connectivity index (χ1n) is 5.25. The van der Waals surface area contributed by atoms with Crippen molar-refractivity contribution >= 4 is 11.6 Å². The van der Waals surface area contributed by atoms with Crippen LogP contribution in [0.15, 0.2) is 36.5 Å². The summed E-state index contributed by atoms with van der Waals surface area (Å²) in [5, 5.41) is 14.6. The van der Waals surface area contributed by atoms with Crippen molar-refractivity contribution in [1.82, 2.24) is 9.78 Å². The van der Waals surface area contributed by atoms with Crippen LogP contribution in [0.1, 0.15) is 22.6 Å². The highest BCUT2D eigenvalue weighted by Crippen LogP contribution is 2.17. The number of nitrogens with zero attached hydrogens (tertiary/aromatic N) is 3. The number of hydrogen-bond acceptors (Lipinski definition) is 3. The van der Waals surface area contributed by atoms with E-state index in [0.717, 1.165) is 6.20 Å². The third-order valence-electron chi connectivity index (χ3n) is 2.38. The number of hydrogen-bond donors (Lipinski definition) is 1. The van der Waals surface area contributed by atoms with Crippen LogP contribution in [0, 0.1) is 11.3 Å². The molecule has 2 rings (SSSR count). The van der Waals surface area contributed by atoms with Gasteiger partial charge in [-0.05, 0) is 18.2 Å². The molecule has 0 bridgehead atoms. The van der Waals surface area contributed by atoms with E-state index in [-0.39, 0.29) is 16.9 Å². The molecule has 0 atom stereocenters. The lowest BCUT2D eigenvalue weighted by atomic mass is 10.2. The number of para-hydroxylation sites is 1. The maximum absolute atomic E-state index is 12.6. The average Bonchev–Trinajstić information content (AvgIpc) is 2.88. The number of carbonyl (C=O) groups excluding carboxylic acids is 1. The van der Waals surface area contributed by atoms with Crippen LogP contribution in [0.2, 0.25) is 0 Å². The molecule has 1 aromatic carbocycles. The van der Waals surface area contributed by atoms with Gasteiger partial charge in [0, 0.05) is 6.20 Å². The van der Waals surface area contributed by atoms with Crippen LogP contribution in [-0.2, 0) is 0 Å². The van der Waals surface area contributed by atoms with Gasteiger partial charge in [0.05, 0.1) is 11.3 Å². The van der Waals surface area contributed by atoms with E-state index in [1.807, 2.05) is 6.07 Å². The van der Waals surface area contributed by atoms with Crippen LogP contribution in [0.3, 0.4) is 0 Å². The topological polar surface area (TPSA) is 70.7 Å². The average molecular weight is 262 g/mol. The van der Waals surface area contributed by atoms with E-state index in [1.165, 1.54) is 18.2 Å². The Labute approximate surface area is 107 Å². The first-order valence-corrected chi connectivity index (χ1v) is 5.25. The van der Waals surface area contributed by atoms with E-state index in [1.54, 1.807) is 12.1 Å². The van der Waals surface area contributed by atoms with Crippen molar-refractivity contribution in [1.29, 1.82) is 5.26 Å². The Hall–Kier alpha value is -2.75. The molecule has 5 nitrogen and oxygen atoms in total. The van der Waals surface area contributed by atoms with Crippen molar-refractivity contribution in [2.75, 3.05) is 5.32 Å².